The van der Waals surface area contributed by atoms with Crippen molar-refractivity contribution >= 4 is 56.4 Å². The van der Waals surface area contributed by atoms with Crippen molar-refractivity contribution < 1.29 is 17.6 Å². The average Bonchev–Trinajstić information content (AvgIpc) is 2.72. The van der Waals surface area contributed by atoms with Gasteiger partial charge in [-0.15, -0.1) is 0 Å². The number of amides is 1. The second-order valence-electron chi connectivity index (χ2n) is 6.50. The Bertz CT molecular complexity index is 1200. The SMILES string of the molecule is O=C(CN(Cc1ccccc1F)S(=O)(=O)c1ccc(Cl)cc1)Nc1ccc(Cl)c(Cl)c1. The highest BCUT2D eigenvalue weighted by Gasteiger charge is 2.28. The second-order valence-corrected chi connectivity index (χ2v) is 9.68. The molecule has 3 aromatic carbocycles. The quantitative estimate of drug-likeness (QED) is 0.457. The molecule has 1 amide bonds. The molecule has 0 aliphatic carbocycles. The first kappa shape index (κ1) is 23.5. The van der Waals surface area contributed by atoms with Crippen LogP contribution in [0, 0.1) is 5.82 Å². The fourth-order valence-electron chi connectivity index (χ4n) is 2.73. The highest BCUT2D eigenvalue weighted by molar-refractivity contribution is 7.89. The second kappa shape index (κ2) is 9.97. The van der Waals surface area contributed by atoms with Crippen LogP contribution in [-0.4, -0.2) is 25.2 Å². The van der Waals surface area contributed by atoms with Crippen molar-refractivity contribution in [2.24, 2.45) is 0 Å². The third kappa shape index (κ3) is 5.96. The molecule has 0 fully saturated rings. The summed E-state index contributed by atoms with van der Waals surface area (Å²) in [4.78, 5) is 12.5. The summed E-state index contributed by atoms with van der Waals surface area (Å²) < 4.78 is 41.5. The summed E-state index contributed by atoms with van der Waals surface area (Å²) in [7, 11) is -4.13. The lowest BCUT2D eigenvalue weighted by Gasteiger charge is -2.22. The van der Waals surface area contributed by atoms with Gasteiger partial charge in [-0.2, -0.15) is 4.31 Å². The molecule has 0 heterocycles. The van der Waals surface area contributed by atoms with Crippen LogP contribution in [0.2, 0.25) is 15.1 Å². The first-order chi connectivity index (χ1) is 14.7. The third-order valence-electron chi connectivity index (χ3n) is 4.28. The summed E-state index contributed by atoms with van der Waals surface area (Å²) >= 11 is 17.7. The van der Waals surface area contributed by atoms with Crippen molar-refractivity contribution in [2.75, 3.05) is 11.9 Å². The fourth-order valence-corrected chi connectivity index (χ4v) is 4.53. The fraction of sp³-hybridized carbons (Fsp3) is 0.0952. The van der Waals surface area contributed by atoms with Crippen molar-refractivity contribution in [3.8, 4) is 0 Å². The summed E-state index contributed by atoms with van der Waals surface area (Å²) in [6.07, 6.45) is 0. The van der Waals surface area contributed by atoms with E-state index in [2.05, 4.69) is 5.32 Å². The smallest absolute Gasteiger partial charge is 0.243 e. The van der Waals surface area contributed by atoms with E-state index in [-0.39, 0.29) is 22.0 Å². The third-order valence-corrected chi connectivity index (χ3v) is 7.08. The molecule has 1 N–H and O–H groups in total. The Morgan fingerprint density at radius 1 is 0.935 bits per heavy atom. The molecule has 0 atom stereocenters. The normalized spacial score (nSPS) is 11.5. The van der Waals surface area contributed by atoms with Gasteiger partial charge < -0.3 is 5.32 Å². The molecule has 3 rings (SSSR count). The highest BCUT2D eigenvalue weighted by atomic mass is 35.5. The van der Waals surface area contributed by atoms with E-state index in [1.807, 2.05) is 0 Å². The van der Waals surface area contributed by atoms with Crippen LogP contribution >= 0.6 is 34.8 Å². The monoisotopic (exact) mass is 500 g/mol. The van der Waals surface area contributed by atoms with E-state index in [1.54, 1.807) is 6.07 Å². The molecule has 0 bridgehead atoms. The minimum atomic E-state index is -4.13. The molecule has 10 heteroatoms. The Labute approximate surface area is 194 Å². The van der Waals surface area contributed by atoms with Gasteiger partial charge in [-0.05, 0) is 48.5 Å². The number of carbonyl (C=O) groups excluding carboxylic acids is 1. The average molecular weight is 502 g/mol. The standard InChI is InChI=1S/C21H16Cl3FN2O3S/c22-15-5-8-17(9-6-15)31(29,30)27(12-14-3-1-2-4-20(14)25)13-21(28)26-16-7-10-18(23)19(24)11-16/h1-11H,12-13H2,(H,26,28). The summed E-state index contributed by atoms with van der Waals surface area (Å²) in [5, 5.41) is 3.47. The van der Waals surface area contributed by atoms with Crippen LogP contribution in [0.5, 0.6) is 0 Å². The number of halogens is 4. The van der Waals surface area contributed by atoms with E-state index < -0.39 is 28.3 Å². The zero-order chi connectivity index (χ0) is 22.6. The molecule has 3 aromatic rings. The van der Waals surface area contributed by atoms with Gasteiger partial charge in [0, 0.05) is 22.8 Å². The zero-order valence-electron chi connectivity index (χ0n) is 15.9. The Morgan fingerprint density at radius 3 is 2.26 bits per heavy atom. The predicted octanol–water partition coefficient (Wildman–Crippen LogP) is 5.62. The van der Waals surface area contributed by atoms with Crippen molar-refractivity contribution in [2.45, 2.75) is 11.4 Å². The molecule has 0 unspecified atom stereocenters. The van der Waals surface area contributed by atoms with Gasteiger partial charge in [0.1, 0.15) is 5.82 Å². The van der Waals surface area contributed by atoms with E-state index >= 15 is 0 Å². The van der Waals surface area contributed by atoms with E-state index in [9.17, 15) is 17.6 Å². The van der Waals surface area contributed by atoms with Crippen molar-refractivity contribution in [3.05, 3.63) is 93.2 Å². The van der Waals surface area contributed by atoms with Crippen LogP contribution in [0.15, 0.2) is 71.6 Å². The lowest BCUT2D eigenvalue weighted by molar-refractivity contribution is -0.116. The highest BCUT2D eigenvalue weighted by Crippen LogP contribution is 2.25. The first-order valence-electron chi connectivity index (χ1n) is 8.91. The number of carbonyl (C=O) groups is 1. The predicted molar refractivity (Wildman–Crippen MR) is 121 cm³/mol. The van der Waals surface area contributed by atoms with Gasteiger partial charge in [-0.25, -0.2) is 12.8 Å². The molecule has 0 aliphatic heterocycles. The number of nitrogens with one attached hydrogen (secondary N) is 1. The minimum absolute atomic E-state index is 0.0735. The Kier molecular flexibility index (Phi) is 7.56. The zero-order valence-corrected chi connectivity index (χ0v) is 18.9. The van der Waals surface area contributed by atoms with Crippen molar-refractivity contribution in [1.82, 2.24) is 4.31 Å². The first-order valence-corrected chi connectivity index (χ1v) is 11.5. The van der Waals surface area contributed by atoms with Crippen LogP contribution in [0.25, 0.3) is 0 Å². The van der Waals surface area contributed by atoms with E-state index in [1.165, 1.54) is 60.7 Å². The van der Waals surface area contributed by atoms with Crippen LogP contribution < -0.4 is 5.32 Å². The molecular formula is C21H16Cl3FN2O3S. The molecule has 162 valence electrons. The maximum Gasteiger partial charge on any atom is 0.243 e. The summed E-state index contributed by atoms with van der Waals surface area (Å²) in [5.41, 5.74) is 0.469. The Hall–Kier alpha value is -2.16. The molecule has 31 heavy (non-hydrogen) atoms. The van der Waals surface area contributed by atoms with Gasteiger partial charge in [0.25, 0.3) is 0 Å². The van der Waals surface area contributed by atoms with E-state index in [4.69, 9.17) is 34.8 Å². The van der Waals surface area contributed by atoms with Crippen LogP contribution in [-0.2, 0) is 21.4 Å². The molecule has 0 saturated carbocycles. The van der Waals surface area contributed by atoms with Crippen LogP contribution in [0.1, 0.15) is 5.56 Å². The molecule has 0 saturated heterocycles. The number of sulfonamides is 1. The lowest BCUT2D eigenvalue weighted by Crippen LogP contribution is -2.37. The summed E-state index contributed by atoms with van der Waals surface area (Å²) in [5.74, 6) is -1.21. The number of hydrogen-bond donors (Lipinski definition) is 1. The molecule has 5 nitrogen and oxygen atoms in total. The summed E-state index contributed by atoms with van der Waals surface area (Å²) in [6, 6.07) is 15.7. The molecule has 0 radical (unpaired) electrons. The number of nitrogens with zero attached hydrogens (tertiary/aromatic N) is 1. The van der Waals surface area contributed by atoms with E-state index in [0.29, 0.717) is 15.7 Å². The van der Waals surface area contributed by atoms with Crippen LogP contribution in [0.4, 0.5) is 10.1 Å². The molecule has 0 spiro atoms. The lowest BCUT2D eigenvalue weighted by atomic mass is 10.2. The van der Waals surface area contributed by atoms with Crippen molar-refractivity contribution in [1.29, 1.82) is 0 Å². The molecular weight excluding hydrogens is 486 g/mol. The Balaban J connectivity index is 1.89. The van der Waals surface area contributed by atoms with Gasteiger partial charge >= 0.3 is 0 Å². The number of anilines is 1. The minimum Gasteiger partial charge on any atom is -0.325 e. The maximum atomic E-state index is 14.2. The number of benzene rings is 3. The molecule has 0 aromatic heterocycles. The van der Waals surface area contributed by atoms with Crippen molar-refractivity contribution in [3.63, 3.8) is 0 Å². The number of hydrogen-bond acceptors (Lipinski definition) is 3. The largest absolute Gasteiger partial charge is 0.325 e. The topological polar surface area (TPSA) is 66.5 Å². The van der Waals surface area contributed by atoms with Crippen LogP contribution in [0.3, 0.4) is 0 Å². The van der Waals surface area contributed by atoms with Gasteiger partial charge in [-0.1, -0.05) is 53.0 Å². The maximum absolute atomic E-state index is 14.2. The van der Waals surface area contributed by atoms with Gasteiger partial charge in [0.2, 0.25) is 15.9 Å². The van der Waals surface area contributed by atoms with Gasteiger partial charge in [-0.3, -0.25) is 4.79 Å². The van der Waals surface area contributed by atoms with Gasteiger partial charge in [0.05, 0.1) is 21.5 Å². The van der Waals surface area contributed by atoms with Gasteiger partial charge in [0.15, 0.2) is 0 Å². The molecule has 0 aliphatic rings. The van der Waals surface area contributed by atoms with E-state index in [0.717, 1.165) is 4.31 Å². The summed E-state index contributed by atoms with van der Waals surface area (Å²) in [6.45, 7) is -0.897. The number of rotatable bonds is 7. The Morgan fingerprint density at radius 2 is 1.61 bits per heavy atom.